The van der Waals surface area contributed by atoms with Gasteiger partial charge < -0.3 is 10.6 Å². The van der Waals surface area contributed by atoms with Gasteiger partial charge >= 0.3 is 0 Å². The van der Waals surface area contributed by atoms with Crippen molar-refractivity contribution in [2.75, 3.05) is 26.7 Å². The van der Waals surface area contributed by atoms with Crippen LogP contribution in [0.25, 0.3) is 0 Å². The van der Waals surface area contributed by atoms with Gasteiger partial charge in [-0.05, 0) is 31.5 Å². The van der Waals surface area contributed by atoms with Crippen molar-refractivity contribution >= 4 is 11.6 Å². The fourth-order valence-electron chi connectivity index (χ4n) is 1.31. The van der Waals surface area contributed by atoms with Crippen molar-refractivity contribution in [3.63, 3.8) is 0 Å². The predicted octanol–water partition coefficient (Wildman–Crippen LogP) is 2.05. The van der Waals surface area contributed by atoms with E-state index in [0.717, 1.165) is 13.1 Å². The van der Waals surface area contributed by atoms with Crippen LogP contribution in [0.4, 0.5) is 0 Å². The summed E-state index contributed by atoms with van der Waals surface area (Å²) >= 11 is 5.59. The average molecular weight is 205 g/mol. The first kappa shape index (κ1) is 12.9. The number of likely N-dealkylation sites (N-methyl/N-ethyl adjacent to an activating group) is 1. The Morgan fingerprint density at radius 3 is 2.46 bits per heavy atom. The zero-order valence-electron chi connectivity index (χ0n) is 9.10. The number of halogens is 1. The van der Waals surface area contributed by atoms with E-state index < -0.39 is 0 Å². The molecule has 0 bridgehead atoms. The highest BCUT2D eigenvalue weighted by Gasteiger charge is 2.17. The van der Waals surface area contributed by atoms with Crippen LogP contribution >= 0.6 is 11.6 Å². The Kier molecular flexibility index (Phi) is 5.61. The van der Waals surface area contributed by atoms with E-state index in [2.05, 4.69) is 25.8 Å². The second-order valence-corrected chi connectivity index (χ2v) is 4.71. The maximum atomic E-state index is 5.65. The third-order valence-electron chi connectivity index (χ3n) is 1.96. The molecule has 0 aromatic rings. The summed E-state index contributed by atoms with van der Waals surface area (Å²) in [4.78, 5) is 2.24. The standard InChI is InChI=1S/C10H21ClN2/c1-9(5-11)6-13(4)8-10(2,3)7-12/h5H,6-8,12H2,1-4H3. The van der Waals surface area contributed by atoms with Crippen LogP contribution in [0.3, 0.4) is 0 Å². The van der Waals surface area contributed by atoms with E-state index in [9.17, 15) is 0 Å². The highest BCUT2D eigenvalue weighted by Crippen LogP contribution is 2.14. The molecule has 0 aromatic carbocycles. The van der Waals surface area contributed by atoms with Gasteiger partial charge in [0.1, 0.15) is 0 Å². The monoisotopic (exact) mass is 204 g/mol. The lowest BCUT2D eigenvalue weighted by Crippen LogP contribution is -2.37. The van der Waals surface area contributed by atoms with Gasteiger partial charge in [0, 0.05) is 18.6 Å². The van der Waals surface area contributed by atoms with E-state index >= 15 is 0 Å². The second kappa shape index (κ2) is 5.63. The molecular formula is C10H21ClN2. The minimum atomic E-state index is 0.182. The second-order valence-electron chi connectivity index (χ2n) is 4.50. The zero-order valence-corrected chi connectivity index (χ0v) is 9.86. The molecule has 0 unspecified atom stereocenters. The van der Waals surface area contributed by atoms with Crippen LogP contribution in [0, 0.1) is 5.41 Å². The van der Waals surface area contributed by atoms with Crippen molar-refractivity contribution in [3.8, 4) is 0 Å². The van der Waals surface area contributed by atoms with Crippen LogP contribution < -0.4 is 5.73 Å². The van der Waals surface area contributed by atoms with E-state index in [1.54, 1.807) is 5.54 Å². The lowest BCUT2D eigenvalue weighted by Gasteiger charge is -2.29. The van der Waals surface area contributed by atoms with E-state index in [1.165, 1.54) is 5.57 Å². The maximum Gasteiger partial charge on any atom is 0.0199 e. The topological polar surface area (TPSA) is 29.3 Å². The first-order valence-electron chi connectivity index (χ1n) is 4.56. The molecule has 0 amide bonds. The smallest absolute Gasteiger partial charge is 0.0199 e. The van der Waals surface area contributed by atoms with Crippen molar-refractivity contribution in [1.82, 2.24) is 4.90 Å². The number of hydrogen-bond donors (Lipinski definition) is 1. The highest BCUT2D eigenvalue weighted by atomic mass is 35.5. The Morgan fingerprint density at radius 1 is 1.54 bits per heavy atom. The Labute approximate surface area is 86.7 Å². The Balaban J connectivity index is 3.94. The van der Waals surface area contributed by atoms with Crippen LogP contribution in [0.15, 0.2) is 11.1 Å². The molecule has 0 saturated carbocycles. The van der Waals surface area contributed by atoms with E-state index in [0.29, 0.717) is 6.54 Å². The zero-order chi connectivity index (χ0) is 10.5. The molecule has 78 valence electrons. The molecule has 0 saturated heterocycles. The molecule has 13 heavy (non-hydrogen) atoms. The molecular weight excluding hydrogens is 184 g/mol. The SMILES string of the molecule is CC(=CCl)CN(C)CC(C)(C)CN. The molecule has 0 aromatic heterocycles. The van der Waals surface area contributed by atoms with Crippen molar-refractivity contribution in [2.24, 2.45) is 11.1 Å². The number of rotatable bonds is 5. The summed E-state index contributed by atoms with van der Waals surface area (Å²) in [7, 11) is 2.08. The Bertz CT molecular complexity index is 176. The van der Waals surface area contributed by atoms with Gasteiger partial charge in [-0.2, -0.15) is 0 Å². The van der Waals surface area contributed by atoms with Gasteiger partial charge in [-0.1, -0.05) is 25.4 Å². The van der Waals surface area contributed by atoms with Crippen LogP contribution in [0.5, 0.6) is 0 Å². The van der Waals surface area contributed by atoms with Gasteiger partial charge in [0.25, 0.3) is 0 Å². The van der Waals surface area contributed by atoms with Gasteiger partial charge in [-0.25, -0.2) is 0 Å². The fourth-order valence-corrected chi connectivity index (χ4v) is 1.38. The van der Waals surface area contributed by atoms with Crippen LogP contribution in [-0.4, -0.2) is 31.6 Å². The molecule has 2 nitrogen and oxygen atoms in total. The number of hydrogen-bond acceptors (Lipinski definition) is 2. The van der Waals surface area contributed by atoms with Gasteiger partial charge in [-0.3, -0.25) is 0 Å². The first-order valence-corrected chi connectivity index (χ1v) is 4.99. The van der Waals surface area contributed by atoms with Gasteiger partial charge in [0.05, 0.1) is 0 Å². The lowest BCUT2D eigenvalue weighted by molar-refractivity contribution is 0.228. The third-order valence-corrected chi connectivity index (χ3v) is 2.33. The van der Waals surface area contributed by atoms with Gasteiger partial charge in [0.2, 0.25) is 0 Å². The van der Waals surface area contributed by atoms with Crippen LogP contribution in [0.2, 0.25) is 0 Å². The predicted molar refractivity (Wildman–Crippen MR) is 59.9 cm³/mol. The number of nitrogens with zero attached hydrogens (tertiary/aromatic N) is 1. The van der Waals surface area contributed by atoms with Crippen molar-refractivity contribution < 1.29 is 0 Å². The van der Waals surface area contributed by atoms with Crippen molar-refractivity contribution in [2.45, 2.75) is 20.8 Å². The molecule has 0 fully saturated rings. The molecule has 0 radical (unpaired) electrons. The molecule has 0 aliphatic carbocycles. The van der Waals surface area contributed by atoms with E-state index in [4.69, 9.17) is 17.3 Å². The molecule has 0 aliphatic heterocycles. The third kappa shape index (κ3) is 6.08. The summed E-state index contributed by atoms with van der Waals surface area (Å²) in [6.45, 7) is 8.98. The molecule has 0 rings (SSSR count). The van der Waals surface area contributed by atoms with Crippen molar-refractivity contribution in [1.29, 1.82) is 0 Å². The molecule has 0 aliphatic rings. The van der Waals surface area contributed by atoms with E-state index in [-0.39, 0.29) is 5.41 Å². The highest BCUT2D eigenvalue weighted by molar-refractivity contribution is 6.25. The molecule has 0 heterocycles. The lowest BCUT2D eigenvalue weighted by atomic mass is 9.93. The molecule has 3 heteroatoms. The molecule has 0 spiro atoms. The minimum absolute atomic E-state index is 0.182. The summed E-state index contributed by atoms with van der Waals surface area (Å²) in [5, 5.41) is 0. The molecule has 2 N–H and O–H groups in total. The Morgan fingerprint density at radius 2 is 2.08 bits per heavy atom. The van der Waals surface area contributed by atoms with E-state index in [1.807, 2.05) is 6.92 Å². The maximum absolute atomic E-state index is 5.65. The Hall–Kier alpha value is -0.0500. The summed E-state index contributed by atoms with van der Waals surface area (Å²) in [5.41, 5.74) is 8.64. The summed E-state index contributed by atoms with van der Waals surface area (Å²) in [5.74, 6) is 0. The quantitative estimate of drug-likeness (QED) is 0.743. The summed E-state index contributed by atoms with van der Waals surface area (Å²) in [6, 6.07) is 0. The normalized spacial score (nSPS) is 13.9. The van der Waals surface area contributed by atoms with Crippen LogP contribution in [0.1, 0.15) is 20.8 Å². The summed E-state index contributed by atoms with van der Waals surface area (Å²) < 4.78 is 0. The molecule has 0 atom stereocenters. The van der Waals surface area contributed by atoms with Crippen LogP contribution in [-0.2, 0) is 0 Å². The summed E-state index contributed by atoms with van der Waals surface area (Å²) in [6.07, 6.45) is 0. The minimum Gasteiger partial charge on any atom is -0.330 e. The first-order chi connectivity index (χ1) is 5.91. The fraction of sp³-hybridized carbons (Fsp3) is 0.800. The largest absolute Gasteiger partial charge is 0.330 e. The van der Waals surface area contributed by atoms with Gasteiger partial charge in [-0.15, -0.1) is 0 Å². The van der Waals surface area contributed by atoms with Gasteiger partial charge in [0.15, 0.2) is 0 Å². The number of nitrogens with two attached hydrogens (primary N) is 1. The average Bonchev–Trinajstić information content (AvgIpc) is 2.03. The van der Waals surface area contributed by atoms with Crippen molar-refractivity contribution in [3.05, 3.63) is 11.1 Å².